The molecular formula is C18H22ClN3O. The summed E-state index contributed by atoms with van der Waals surface area (Å²) in [4.78, 5) is 12.4. The summed E-state index contributed by atoms with van der Waals surface area (Å²) in [6, 6.07) is 9.51. The van der Waals surface area contributed by atoms with Gasteiger partial charge in [0.25, 0.3) is 5.91 Å². The third-order valence-electron chi connectivity index (χ3n) is 4.40. The molecule has 1 saturated carbocycles. The lowest BCUT2D eigenvalue weighted by Crippen LogP contribution is -2.35. The lowest BCUT2D eigenvalue weighted by atomic mass is 9.96. The van der Waals surface area contributed by atoms with E-state index in [2.05, 4.69) is 15.5 Å². The molecule has 2 N–H and O–H groups in total. The molecule has 1 amide bonds. The number of aromatic amines is 1. The largest absolute Gasteiger partial charge is 0.348 e. The molecule has 1 aromatic carbocycles. The molecule has 0 bridgehead atoms. The van der Waals surface area contributed by atoms with Crippen LogP contribution in [0.5, 0.6) is 0 Å². The van der Waals surface area contributed by atoms with E-state index in [1.807, 2.05) is 24.3 Å². The maximum atomic E-state index is 12.4. The van der Waals surface area contributed by atoms with Crippen molar-refractivity contribution in [1.82, 2.24) is 15.5 Å². The maximum Gasteiger partial charge on any atom is 0.269 e. The number of amides is 1. The molecular weight excluding hydrogens is 310 g/mol. The van der Waals surface area contributed by atoms with Gasteiger partial charge >= 0.3 is 0 Å². The van der Waals surface area contributed by atoms with Crippen molar-refractivity contribution in [3.63, 3.8) is 0 Å². The third-order valence-corrected chi connectivity index (χ3v) is 4.65. The van der Waals surface area contributed by atoms with E-state index < -0.39 is 0 Å². The first-order valence-electron chi connectivity index (χ1n) is 8.34. The van der Waals surface area contributed by atoms with E-state index >= 15 is 0 Å². The standard InChI is InChI=1S/C18H22ClN3O/c19-14-10-8-13(9-11-14)16-12-17(22-21-16)18(23)20-15-6-4-2-1-3-5-7-15/h8-12,15H,1-7H2,(H,20,23)(H,21,22). The fourth-order valence-corrected chi connectivity index (χ4v) is 3.20. The van der Waals surface area contributed by atoms with Crippen LogP contribution in [-0.2, 0) is 0 Å². The summed E-state index contributed by atoms with van der Waals surface area (Å²) in [5, 5.41) is 10.9. The number of H-pyrrole nitrogens is 1. The number of nitrogens with one attached hydrogen (secondary N) is 2. The molecule has 0 atom stereocenters. The van der Waals surface area contributed by atoms with E-state index in [-0.39, 0.29) is 11.9 Å². The Morgan fingerprint density at radius 1 is 1.09 bits per heavy atom. The molecule has 5 heteroatoms. The van der Waals surface area contributed by atoms with Crippen LogP contribution in [0.2, 0.25) is 5.02 Å². The highest BCUT2D eigenvalue weighted by molar-refractivity contribution is 6.30. The number of benzene rings is 1. The van der Waals surface area contributed by atoms with Crippen molar-refractivity contribution in [2.24, 2.45) is 0 Å². The normalized spacial score (nSPS) is 16.6. The summed E-state index contributed by atoms with van der Waals surface area (Å²) < 4.78 is 0. The summed E-state index contributed by atoms with van der Waals surface area (Å²) in [7, 11) is 0. The van der Waals surface area contributed by atoms with Crippen LogP contribution in [0.15, 0.2) is 30.3 Å². The molecule has 3 rings (SSSR count). The SMILES string of the molecule is O=C(NC1CCCCCCC1)c1cc(-c2ccc(Cl)cc2)n[nH]1. The maximum absolute atomic E-state index is 12.4. The molecule has 2 aromatic rings. The predicted molar refractivity (Wildman–Crippen MR) is 92.6 cm³/mol. The van der Waals surface area contributed by atoms with Crippen molar-refractivity contribution in [2.75, 3.05) is 0 Å². The number of rotatable bonds is 3. The van der Waals surface area contributed by atoms with E-state index in [9.17, 15) is 4.79 Å². The number of hydrogen-bond acceptors (Lipinski definition) is 2. The highest BCUT2D eigenvalue weighted by atomic mass is 35.5. The van der Waals surface area contributed by atoms with Gasteiger partial charge in [-0.3, -0.25) is 9.89 Å². The Kier molecular flexibility index (Phi) is 5.34. The first kappa shape index (κ1) is 16.1. The van der Waals surface area contributed by atoms with Crippen molar-refractivity contribution in [1.29, 1.82) is 0 Å². The Labute approximate surface area is 141 Å². The van der Waals surface area contributed by atoms with Gasteiger partial charge in [-0.15, -0.1) is 0 Å². The second kappa shape index (κ2) is 7.64. The minimum atomic E-state index is -0.0664. The average Bonchev–Trinajstić information content (AvgIpc) is 3.00. The molecule has 0 spiro atoms. The lowest BCUT2D eigenvalue weighted by Gasteiger charge is -2.20. The second-order valence-corrected chi connectivity index (χ2v) is 6.63. The molecule has 1 aliphatic rings. The Hall–Kier alpha value is -1.81. The summed E-state index contributed by atoms with van der Waals surface area (Å²) >= 11 is 5.90. The number of nitrogens with zero attached hydrogens (tertiary/aromatic N) is 1. The average molecular weight is 332 g/mol. The van der Waals surface area contributed by atoms with Crippen LogP contribution in [-0.4, -0.2) is 22.1 Å². The van der Waals surface area contributed by atoms with Crippen molar-refractivity contribution in [3.8, 4) is 11.3 Å². The van der Waals surface area contributed by atoms with Gasteiger partial charge in [0, 0.05) is 16.6 Å². The topological polar surface area (TPSA) is 57.8 Å². The molecule has 23 heavy (non-hydrogen) atoms. The Balaban J connectivity index is 1.64. The van der Waals surface area contributed by atoms with Crippen LogP contribution in [0.1, 0.15) is 55.4 Å². The summed E-state index contributed by atoms with van der Waals surface area (Å²) in [5.74, 6) is -0.0664. The molecule has 0 saturated heterocycles. The van der Waals surface area contributed by atoms with E-state index in [1.54, 1.807) is 6.07 Å². The van der Waals surface area contributed by atoms with E-state index in [1.165, 1.54) is 32.1 Å². The van der Waals surface area contributed by atoms with Crippen LogP contribution in [0.4, 0.5) is 0 Å². The molecule has 1 heterocycles. The first-order chi connectivity index (χ1) is 11.2. The number of halogens is 1. The number of carbonyl (C=O) groups is 1. The van der Waals surface area contributed by atoms with Gasteiger partial charge in [-0.05, 0) is 31.0 Å². The fourth-order valence-electron chi connectivity index (χ4n) is 3.07. The molecule has 1 aliphatic carbocycles. The lowest BCUT2D eigenvalue weighted by molar-refractivity contribution is 0.0925. The Morgan fingerprint density at radius 2 is 1.74 bits per heavy atom. The van der Waals surface area contributed by atoms with Gasteiger partial charge in [0.2, 0.25) is 0 Å². The zero-order valence-electron chi connectivity index (χ0n) is 13.1. The molecule has 0 aliphatic heterocycles. The van der Waals surface area contributed by atoms with Gasteiger partial charge < -0.3 is 5.32 Å². The van der Waals surface area contributed by atoms with Gasteiger partial charge in [-0.25, -0.2) is 0 Å². The number of aromatic nitrogens is 2. The summed E-state index contributed by atoms with van der Waals surface area (Å²) in [6.07, 6.45) is 8.42. The fraction of sp³-hybridized carbons (Fsp3) is 0.444. The van der Waals surface area contributed by atoms with Gasteiger partial charge in [-0.2, -0.15) is 5.10 Å². The highest BCUT2D eigenvalue weighted by Gasteiger charge is 2.17. The summed E-state index contributed by atoms with van der Waals surface area (Å²) in [5.41, 5.74) is 2.21. The van der Waals surface area contributed by atoms with E-state index in [0.29, 0.717) is 10.7 Å². The number of carbonyl (C=O) groups excluding carboxylic acids is 1. The quantitative estimate of drug-likeness (QED) is 0.865. The number of hydrogen-bond donors (Lipinski definition) is 2. The molecule has 1 fully saturated rings. The molecule has 1 aromatic heterocycles. The van der Waals surface area contributed by atoms with Gasteiger partial charge in [-0.1, -0.05) is 55.8 Å². The van der Waals surface area contributed by atoms with Crippen LogP contribution < -0.4 is 5.32 Å². The zero-order valence-corrected chi connectivity index (χ0v) is 13.9. The van der Waals surface area contributed by atoms with Crippen LogP contribution in [0, 0.1) is 0 Å². The van der Waals surface area contributed by atoms with Crippen molar-refractivity contribution in [2.45, 2.75) is 51.0 Å². The Bertz CT molecular complexity index is 643. The highest BCUT2D eigenvalue weighted by Crippen LogP contribution is 2.21. The Morgan fingerprint density at radius 3 is 2.43 bits per heavy atom. The molecule has 0 unspecified atom stereocenters. The minimum Gasteiger partial charge on any atom is -0.348 e. The van der Waals surface area contributed by atoms with Gasteiger partial charge in [0.05, 0.1) is 5.69 Å². The van der Waals surface area contributed by atoms with Crippen molar-refractivity contribution in [3.05, 3.63) is 41.0 Å². The van der Waals surface area contributed by atoms with Crippen LogP contribution in [0.3, 0.4) is 0 Å². The van der Waals surface area contributed by atoms with Gasteiger partial charge in [0.15, 0.2) is 0 Å². The predicted octanol–water partition coefficient (Wildman–Crippen LogP) is 4.57. The molecule has 0 radical (unpaired) electrons. The first-order valence-corrected chi connectivity index (χ1v) is 8.72. The van der Waals surface area contributed by atoms with Crippen LogP contribution in [0.25, 0.3) is 11.3 Å². The van der Waals surface area contributed by atoms with E-state index in [4.69, 9.17) is 11.6 Å². The summed E-state index contributed by atoms with van der Waals surface area (Å²) in [6.45, 7) is 0. The molecule has 4 nitrogen and oxygen atoms in total. The van der Waals surface area contributed by atoms with Crippen LogP contribution >= 0.6 is 11.6 Å². The van der Waals surface area contributed by atoms with Crippen molar-refractivity contribution < 1.29 is 4.79 Å². The minimum absolute atomic E-state index is 0.0664. The second-order valence-electron chi connectivity index (χ2n) is 6.19. The van der Waals surface area contributed by atoms with Gasteiger partial charge in [0.1, 0.15) is 5.69 Å². The molecule has 122 valence electrons. The smallest absolute Gasteiger partial charge is 0.269 e. The monoisotopic (exact) mass is 331 g/mol. The van der Waals surface area contributed by atoms with Crippen molar-refractivity contribution >= 4 is 17.5 Å². The zero-order chi connectivity index (χ0) is 16.1. The third kappa shape index (κ3) is 4.35. The van der Waals surface area contributed by atoms with E-state index in [0.717, 1.165) is 24.1 Å².